The van der Waals surface area contributed by atoms with Gasteiger partial charge in [0, 0.05) is 24.1 Å². The Morgan fingerprint density at radius 2 is 2.04 bits per heavy atom. The van der Waals surface area contributed by atoms with Crippen molar-refractivity contribution in [3.63, 3.8) is 0 Å². The second-order valence-electron chi connectivity index (χ2n) is 7.02. The van der Waals surface area contributed by atoms with Crippen LogP contribution in [0, 0.1) is 11.3 Å². The lowest BCUT2D eigenvalue weighted by Crippen LogP contribution is -2.25. The highest BCUT2D eigenvalue weighted by atomic mass is 16.5. The molecule has 2 aromatic rings. The number of pyridine rings is 1. The van der Waals surface area contributed by atoms with Gasteiger partial charge in [0.05, 0.1) is 18.7 Å². The maximum Gasteiger partial charge on any atom is 0.141 e. The second kappa shape index (κ2) is 6.94. The second-order valence-corrected chi connectivity index (χ2v) is 7.02. The van der Waals surface area contributed by atoms with Crippen LogP contribution < -0.4 is 21.3 Å². The summed E-state index contributed by atoms with van der Waals surface area (Å²) in [5.74, 6) is 1.77. The summed E-state index contributed by atoms with van der Waals surface area (Å²) in [5.41, 5.74) is 16.4. The molecule has 2 unspecified atom stereocenters. The molecule has 1 saturated heterocycles. The number of nitrogens with two attached hydrogens (primary N) is 1. The first-order valence-electron chi connectivity index (χ1n) is 9.04. The predicted octanol–water partition coefficient (Wildman–Crippen LogP) is 2.74. The molecule has 6 heteroatoms. The molecule has 0 amide bonds. The van der Waals surface area contributed by atoms with Crippen LogP contribution in [0.1, 0.15) is 59.5 Å². The van der Waals surface area contributed by atoms with Crippen molar-refractivity contribution >= 4 is 5.82 Å². The molecule has 2 atom stereocenters. The zero-order chi connectivity index (χ0) is 18.1. The van der Waals surface area contributed by atoms with E-state index in [-0.39, 0.29) is 12.0 Å². The standard InChI is InChI=1S/C20H23N5O/c1-26-14-7-5-13(6-8-14)19-17(11-23-25-19)15-9-18(12-3-2-4-12)24-20(22)16(15)10-21/h5-9,12,17,19,23,25H,2-4,11H2,1H3,(H2,22,24). The number of hydrogen-bond donors (Lipinski definition) is 3. The monoisotopic (exact) mass is 349 g/mol. The minimum absolute atomic E-state index is 0.0593. The summed E-state index contributed by atoms with van der Waals surface area (Å²) in [5, 5.41) is 9.66. The van der Waals surface area contributed by atoms with Crippen molar-refractivity contribution < 1.29 is 4.74 Å². The lowest BCUT2D eigenvalue weighted by molar-refractivity contribution is 0.410. The number of nitrogens with zero attached hydrogens (tertiary/aromatic N) is 2. The van der Waals surface area contributed by atoms with Crippen LogP contribution in [0.3, 0.4) is 0 Å². The van der Waals surface area contributed by atoms with E-state index in [2.05, 4.69) is 40.1 Å². The fraction of sp³-hybridized carbons (Fsp3) is 0.400. The molecule has 0 bridgehead atoms. The summed E-state index contributed by atoms with van der Waals surface area (Å²) < 4.78 is 5.25. The first-order valence-corrected chi connectivity index (χ1v) is 9.04. The summed E-state index contributed by atoms with van der Waals surface area (Å²) in [6.45, 7) is 0.735. The Bertz CT molecular complexity index is 839. The third-order valence-corrected chi connectivity index (χ3v) is 5.59. The first-order chi connectivity index (χ1) is 12.7. The van der Waals surface area contributed by atoms with E-state index in [1.807, 2.05) is 12.1 Å². The van der Waals surface area contributed by atoms with Crippen molar-refractivity contribution in [2.24, 2.45) is 0 Å². The molecule has 2 heterocycles. The molecule has 26 heavy (non-hydrogen) atoms. The summed E-state index contributed by atoms with van der Waals surface area (Å²) in [4.78, 5) is 4.52. The molecular formula is C20H23N5O. The minimum atomic E-state index is 0.0593. The van der Waals surface area contributed by atoms with E-state index in [0.717, 1.165) is 42.0 Å². The number of aromatic nitrogens is 1. The molecule has 134 valence electrons. The first kappa shape index (κ1) is 16.8. The Kier molecular flexibility index (Phi) is 4.49. The van der Waals surface area contributed by atoms with Crippen LogP contribution >= 0.6 is 0 Å². The Morgan fingerprint density at radius 1 is 1.27 bits per heavy atom. The fourth-order valence-corrected chi connectivity index (χ4v) is 3.85. The van der Waals surface area contributed by atoms with Gasteiger partial charge in [-0.15, -0.1) is 0 Å². The SMILES string of the molecule is COc1ccc(C2NNCC2c2cc(C3CCC3)nc(N)c2C#N)cc1. The Labute approximate surface area is 153 Å². The largest absolute Gasteiger partial charge is 0.497 e. The smallest absolute Gasteiger partial charge is 0.141 e. The lowest BCUT2D eigenvalue weighted by Gasteiger charge is -2.27. The van der Waals surface area contributed by atoms with Crippen molar-refractivity contribution in [1.29, 1.82) is 5.26 Å². The third-order valence-electron chi connectivity index (χ3n) is 5.59. The van der Waals surface area contributed by atoms with Crippen molar-refractivity contribution in [2.75, 3.05) is 19.4 Å². The Hall–Kier alpha value is -2.62. The van der Waals surface area contributed by atoms with Gasteiger partial charge in [-0.2, -0.15) is 5.26 Å². The molecule has 1 aromatic carbocycles. The van der Waals surface area contributed by atoms with Crippen LogP contribution in [0.2, 0.25) is 0 Å². The molecule has 4 rings (SSSR count). The van der Waals surface area contributed by atoms with E-state index in [1.54, 1.807) is 7.11 Å². The molecule has 1 aliphatic carbocycles. The van der Waals surface area contributed by atoms with Gasteiger partial charge in [-0.25, -0.2) is 10.4 Å². The number of ether oxygens (including phenoxy) is 1. The van der Waals surface area contributed by atoms with Gasteiger partial charge in [-0.3, -0.25) is 5.43 Å². The van der Waals surface area contributed by atoms with Gasteiger partial charge in [0.25, 0.3) is 0 Å². The minimum Gasteiger partial charge on any atom is -0.497 e. The normalized spacial score (nSPS) is 22.6. The van der Waals surface area contributed by atoms with Gasteiger partial charge in [-0.05, 0) is 42.2 Å². The van der Waals surface area contributed by atoms with Crippen molar-refractivity contribution in [3.8, 4) is 11.8 Å². The van der Waals surface area contributed by atoms with Crippen LogP contribution in [-0.2, 0) is 0 Å². The van der Waals surface area contributed by atoms with Crippen LogP contribution in [0.5, 0.6) is 5.75 Å². The number of hydrazine groups is 1. The molecule has 2 fully saturated rings. The molecule has 0 spiro atoms. The van der Waals surface area contributed by atoms with Gasteiger partial charge in [-0.1, -0.05) is 18.6 Å². The number of methoxy groups -OCH3 is 1. The maximum absolute atomic E-state index is 9.66. The summed E-state index contributed by atoms with van der Waals surface area (Å²) >= 11 is 0. The van der Waals surface area contributed by atoms with E-state index in [1.165, 1.54) is 6.42 Å². The number of hydrogen-bond acceptors (Lipinski definition) is 6. The summed E-state index contributed by atoms with van der Waals surface area (Å²) in [7, 11) is 1.66. The van der Waals surface area contributed by atoms with Crippen molar-refractivity contribution in [1.82, 2.24) is 15.8 Å². The lowest BCUT2D eigenvalue weighted by atomic mass is 9.80. The molecule has 6 nitrogen and oxygen atoms in total. The van der Waals surface area contributed by atoms with E-state index in [9.17, 15) is 5.26 Å². The number of nitriles is 1. The molecular weight excluding hydrogens is 326 g/mol. The highest BCUT2D eigenvalue weighted by Crippen LogP contribution is 2.41. The summed E-state index contributed by atoms with van der Waals surface area (Å²) in [6, 6.07) is 12.5. The van der Waals surface area contributed by atoms with E-state index >= 15 is 0 Å². The van der Waals surface area contributed by atoms with Crippen molar-refractivity contribution in [2.45, 2.75) is 37.1 Å². The quantitative estimate of drug-likeness (QED) is 0.785. The van der Waals surface area contributed by atoms with E-state index in [4.69, 9.17) is 10.5 Å². The Balaban J connectivity index is 1.72. The number of rotatable bonds is 4. The van der Waals surface area contributed by atoms with E-state index < -0.39 is 0 Å². The average molecular weight is 349 g/mol. The van der Waals surface area contributed by atoms with Gasteiger partial charge in [0.1, 0.15) is 17.6 Å². The predicted molar refractivity (Wildman–Crippen MR) is 99.6 cm³/mol. The zero-order valence-corrected chi connectivity index (χ0v) is 14.8. The molecule has 1 aromatic heterocycles. The molecule has 2 aliphatic rings. The molecule has 1 saturated carbocycles. The van der Waals surface area contributed by atoms with Crippen LogP contribution in [0.15, 0.2) is 30.3 Å². The van der Waals surface area contributed by atoms with Crippen LogP contribution in [0.25, 0.3) is 0 Å². The zero-order valence-electron chi connectivity index (χ0n) is 14.8. The highest BCUT2D eigenvalue weighted by molar-refractivity contribution is 5.56. The van der Waals surface area contributed by atoms with Gasteiger partial charge in [0.15, 0.2) is 0 Å². The van der Waals surface area contributed by atoms with Crippen LogP contribution in [-0.4, -0.2) is 18.6 Å². The number of benzene rings is 1. The third kappa shape index (κ3) is 2.90. The van der Waals surface area contributed by atoms with Gasteiger partial charge >= 0.3 is 0 Å². The summed E-state index contributed by atoms with van der Waals surface area (Å²) in [6.07, 6.45) is 3.55. The van der Waals surface area contributed by atoms with Gasteiger partial charge in [0.2, 0.25) is 0 Å². The highest BCUT2D eigenvalue weighted by Gasteiger charge is 2.33. The molecule has 0 radical (unpaired) electrons. The topological polar surface area (TPSA) is 96.0 Å². The molecule has 1 aliphatic heterocycles. The number of nitrogen functional groups attached to an aromatic ring is 1. The Morgan fingerprint density at radius 3 is 2.65 bits per heavy atom. The van der Waals surface area contributed by atoms with Crippen molar-refractivity contribution in [3.05, 3.63) is 52.7 Å². The number of nitrogens with one attached hydrogen (secondary N) is 2. The van der Waals surface area contributed by atoms with Gasteiger partial charge < -0.3 is 10.5 Å². The number of anilines is 1. The average Bonchev–Trinajstić information content (AvgIpc) is 3.09. The molecule has 4 N–H and O–H groups in total. The fourth-order valence-electron chi connectivity index (χ4n) is 3.85. The van der Waals surface area contributed by atoms with E-state index in [0.29, 0.717) is 17.3 Å². The van der Waals surface area contributed by atoms with Crippen LogP contribution in [0.4, 0.5) is 5.82 Å². The maximum atomic E-state index is 9.66.